The Hall–Kier alpha value is -3.15. The third kappa shape index (κ3) is 5.02. The van der Waals surface area contributed by atoms with Gasteiger partial charge in [-0.25, -0.2) is 4.79 Å². The number of nitrogens with one attached hydrogen (secondary N) is 1. The molecule has 0 bridgehead atoms. The molecule has 3 aromatic rings. The standard InChI is InChI=1S/C23H20ClNO4/c24-20-13-7-8-17(14-20)15-25-21(26)16-29-22(27)23(28,18-9-3-1-4-10-18)19-11-5-2-6-12-19/h1-14,28H,15-16H2,(H,25,26). The SMILES string of the molecule is O=C(COC(=O)C(O)(c1ccccc1)c1ccccc1)NCc1cccc(Cl)c1. The second kappa shape index (κ2) is 9.37. The molecule has 0 atom stereocenters. The summed E-state index contributed by atoms with van der Waals surface area (Å²) in [5.41, 5.74) is -0.483. The first kappa shape index (κ1) is 20.6. The van der Waals surface area contributed by atoms with Gasteiger partial charge in [0.2, 0.25) is 5.60 Å². The third-order valence-electron chi connectivity index (χ3n) is 4.39. The van der Waals surface area contributed by atoms with Gasteiger partial charge in [0, 0.05) is 11.6 Å². The van der Waals surface area contributed by atoms with Gasteiger partial charge in [0.25, 0.3) is 5.91 Å². The van der Waals surface area contributed by atoms with E-state index in [9.17, 15) is 14.7 Å². The molecule has 148 valence electrons. The predicted molar refractivity (Wildman–Crippen MR) is 110 cm³/mol. The number of amides is 1. The van der Waals surface area contributed by atoms with E-state index in [0.29, 0.717) is 16.1 Å². The molecule has 1 amide bonds. The molecule has 5 nitrogen and oxygen atoms in total. The molecule has 0 aliphatic rings. The number of rotatable bonds is 7. The number of carbonyl (C=O) groups excluding carboxylic acids is 2. The molecule has 0 saturated heterocycles. The van der Waals surface area contributed by atoms with Gasteiger partial charge < -0.3 is 15.2 Å². The molecule has 0 heterocycles. The molecule has 2 N–H and O–H groups in total. The second-order valence-electron chi connectivity index (χ2n) is 6.43. The van der Waals surface area contributed by atoms with Crippen LogP contribution < -0.4 is 5.32 Å². The molecule has 29 heavy (non-hydrogen) atoms. The fraction of sp³-hybridized carbons (Fsp3) is 0.130. The van der Waals surface area contributed by atoms with Gasteiger partial charge in [-0.05, 0) is 28.8 Å². The highest BCUT2D eigenvalue weighted by molar-refractivity contribution is 6.30. The van der Waals surface area contributed by atoms with Gasteiger partial charge >= 0.3 is 5.97 Å². The van der Waals surface area contributed by atoms with Crippen molar-refractivity contribution in [2.45, 2.75) is 12.1 Å². The summed E-state index contributed by atoms with van der Waals surface area (Å²) < 4.78 is 5.16. The molecule has 3 rings (SSSR count). The first-order chi connectivity index (χ1) is 14.0. The van der Waals surface area contributed by atoms with E-state index < -0.39 is 24.1 Å². The minimum atomic E-state index is -2.02. The number of benzene rings is 3. The maximum atomic E-state index is 12.8. The van der Waals surface area contributed by atoms with Crippen molar-refractivity contribution >= 4 is 23.5 Å². The highest BCUT2D eigenvalue weighted by Crippen LogP contribution is 2.30. The molecule has 0 aliphatic carbocycles. The third-order valence-corrected chi connectivity index (χ3v) is 4.63. The Morgan fingerprint density at radius 1 is 0.897 bits per heavy atom. The lowest BCUT2D eigenvalue weighted by molar-refractivity contribution is -0.164. The maximum absolute atomic E-state index is 12.8. The van der Waals surface area contributed by atoms with Crippen molar-refractivity contribution in [3.8, 4) is 0 Å². The van der Waals surface area contributed by atoms with Crippen LogP contribution >= 0.6 is 11.6 Å². The second-order valence-corrected chi connectivity index (χ2v) is 6.86. The van der Waals surface area contributed by atoms with Gasteiger partial charge in [-0.3, -0.25) is 4.79 Å². The van der Waals surface area contributed by atoms with Crippen LogP contribution in [0.4, 0.5) is 0 Å². The molecular weight excluding hydrogens is 390 g/mol. The van der Waals surface area contributed by atoms with E-state index in [1.807, 2.05) is 6.07 Å². The number of hydrogen-bond acceptors (Lipinski definition) is 4. The number of carbonyl (C=O) groups is 2. The van der Waals surface area contributed by atoms with E-state index in [1.54, 1.807) is 78.9 Å². The van der Waals surface area contributed by atoms with Crippen molar-refractivity contribution in [3.05, 3.63) is 107 Å². The lowest BCUT2D eigenvalue weighted by atomic mass is 9.86. The molecule has 0 aromatic heterocycles. The van der Waals surface area contributed by atoms with Crippen LogP contribution in [0.1, 0.15) is 16.7 Å². The summed E-state index contributed by atoms with van der Waals surface area (Å²) in [7, 11) is 0. The molecule has 0 fully saturated rings. The number of halogens is 1. The van der Waals surface area contributed by atoms with Gasteiger partial charge in [0.05, 0.1) is 0 Å². The van der Waals surface area contributed by atoms with Crippen LogP contribution in [0.3, 0.4) is 0 Å². The van der Waals surface area contributed by atoms with Gasteiger partial charge in [0.1, 0.15) is 0 Å². The fourth-order valence-electron chi connectivity index (χ4n) is 2.90. The fourth-order valence-corrected chi connectivity index (χ4v) is 3.11. The van der Waals surface area contributed by atoms with E-state index in [2.05, 4.69) is 5.32 Å². The van der Waals surface area contributed by atoms with Crippen molar-refractivity contribution in [1.82, 2.24) is 5.32 Å². The van der Waals surface area contributed by atoms with Crippen LogP contribution in [-0.2, 0) is 26.5 Å². The van der Waals surface area contributed by atoms with Crippen LogP contribution in [0.15, 0.2) is 84.9 Å². The lowest BCUT2D eigenvalue weighted by Gasteiger charge is -2.26. The molecule has 0 saturated carbocycles. The zero-order chi connectivity index (χ0) is 20.7. The van der Waals surface area contributed by atoms with E-state index in [0.717, 1.165) is 5.56 Å². The van der Waals surface area contributed by atoms with Crippen molar-refractivity contribution in [1.29, 1.82) is 0 Å². The summed E-state index contributed by atoms with van der Waals surface area (Å²) in [6, 6.07) is 24.0. The van der Waals surface area contributed by atoms with Gasteiger partial charge in [0.15, 0.2) is 6.61 Å². The molecule has 6 heteroatoms. The first-order valence-electron chi connectivity index (χ1n) is 9.02. The average molecular weight is 410 g/mol. The number of hydrogen-bond donors (Lipinski definition) is 2. The summed E-state index contributed by atoms with van der Waals surface area (Å²) in [5, 5.41) is 14.5. The number of esters is 1. The molecule has 0 spiro atoms. The van der Waals surface area contributed by atoms with E-state index in [4.69, 9.17) is 16.3 Å². The minimum Gasteiger partial charge on any atom is -0.453 e. The van der Waals surface area contributed by atoms with Crippen LogP contribution in [0.25, 0.3) is 0 Å². The van der Waals surface area contributed by atoms with E-state index >= 15 is 0 Å². The van der Waals surface area contributed by atoms with Gasteiger partial charge in [-0.15, -0.1) is 0 Å². The Morgan fingerprint density at radius 2 is 1.48 bits per heavy atom. The highest BCUT2D eigenvalue weighted by atomic mass is 35.5. The van der Waals surface area contributed by atoms with Crippen LogP contribution in [0.2, 0.25) is 5.02 Å². The first-order valence-corrected chi connectivity index (χ1v) is 9.39. The molecule has 0 unspecified atom stereocenters. The Bertz CT molecular complexity index is 937. The quantitative estimate of drug-likeness (QED) is 0.586. The largest absolute Gasteiger partial charge is 0.453 e. The molecule has 3 aromatic carbocycles. The van der Waals surface area contributed by atoms with Gasteiger partial charge in [-0.1, -0.05) is 84.4 Å². The van der Waals surface area contributed by atoms with Crippen LogP contribution in [0, 0.1) is 0 Å². The normalized spacial score (nSPS) is 11.0. The topological polar surface area (TPSA) is 75.6 Å². The summed E-state index contributed by atoms with van der Waals surface area (Å²) in [6.07, 6.45) is 0. The summed E-state index contributed by atoms with van der Waals surface area (Å²) in [5.74, 6) is -1.41. The summed E-state index contributed by atoms with van der Waals surface area (Å²) in [6.45, 7) is -0.264. The molecule has 0 aliphatic heterocycles. The zero-order valence-corrected chi connectivity index (χ0v) is 16.3. The summed E-state index contributed by atoms with van der Waals surface area (Å²) >= 11 is 5.92. The predicted octanol–water partition coefficient (Wildman–Crippen LogP) is 3.44. The maximum Gasteiger partial charge on any atom is 0.348 e. The van der Waals surface area contributed by atoms with Gasteiger partial charge in [-0.2, -0.15) is 0 Å². The Labute approximate surface area is 173 Å². The van der Waals surface area contributed by atoms with Crippen molar-refractivity contribution in [2.75, 3.05) is 6.61 Å². The van der Waals surface area contributed by atoms with Crippen molar-refractivity contribution < 1.29 is 19.4 Å². The van der Waals surface area contributed by atoms with E-state index in [1.165, 1.54) is 0 Å². The Morgan fingerprint density at radius 3 is 2.03 bits per heavy atom. The highest BCUT2D eigenvalue weighted by Gasteiger charge is 2.41. The average Bonchev–Trinajstić information content (AvgIpc) is 2.76. The van der Waals surface area contributed by atoms with E-state index in [-0.39, 0.29) is 6.54 Å². The van der Waals surface area contributed by atoms with Crippen molar-refractivity contribution in [2.24, 2.45) is 0 Å². The van der Waals surface area contributed by atoms with Crippen molar-refractivity contribution in [3.63, 3.8) is 0 Å². The number of ether oxygens (including phenoxy) is 1. The zero-order valence-electron chi connectivity index (χ0n) is 15.5. The van der Waals surface area contributed by atoms with Crippen LogP contribution in [0.5, 0.6) is 0 Å². The summed E-state index contributed by atoms with van der Waals surface area (Å²) in [4.78, 5) is 24.9. The van der Waals surface area contributed by atoms with Crippen LogP contribution in [-0.4, -0.2) is 23.6 Å². The minimum absolute atomic E-state index is 0.249. The Kier molecular flexibility index (Phi) is 6.65. The Balaban J connectivity index is 1.68. The monoisotopic (exact) mass is 409 g/mol. The molecular formula is C23H20ClNO4. The lowest BCUT2D eigenvalue weighted by Crippen LogP contribution is -2.40. The number of aliphatic hydroxyl groups is 1. The molecule has 0 radical (unpaired) electrons. The smallest absolute Gasteiger partial charge is 0.348 e.